The molecule has 0 N–H and O–H groups in total. The normalized spacial score (nSPS) is 10.6. The Balaban J connectivity index is 2.40. The van der Waals surface area contributed by atoms with Crippen LogP contribution in [0.3, 0.4) is 0 Å². The Morgan fingerprint density at radius 2 is 2.55 bits per heavy atom. The van der Waals surface area contributed by atoms with E-state index < -0.39 is 0 Å². The van der Waals surface area contributed by atoms with Gasteiger partial charge >= 0.3 is 0 Å². The maximum atomic E-state index is 10.5. The summed E-state index contributed by atoms with van der Waals surface area (Å²) in [5.41, 5.74) is 0. The molecule has 0 amide bonds. The van der Waals surface area contributed by atoms with Crippen LogP contribution in [0.1, 0.15) is 12.7 Å². The highest BCUT2D eigenvalue weighted by Crippen LogP contribution is 2.00. The summed E-state index contributed by atoms with van der Waals surface area (Å²) in [6.45, 7) is 1.53. The van der Waals surface area contributed by atoms with Gasteiger partial charge in [0.2, 0.25) is 0 Å². The molecular weight excluding hydrogens is 140 g/mol. The second-order valence-corrected chi connectivity index (χ2v) is 2.30. The lowest BCUT2D eigenvalue weighted by Crippen LogP contribution is -1.81. The fourth-order valence-corrected chi connectivity index (χ4v) is 0.770. The predicted octanol–water partition coefficient (Wildman–Crippen LogP) is 1.97. The van der Waals surface area contributed by atoms with E-state index in [1.807, 2.05) is 12.1 Å². The lowest BCUT2D eigenvalue weighted by atomic mass is 10.3. The molecule has 0 fully saturated rings. The molecular formula is C9H10O2. The van der Waals surface area contributed by atoms with E-state index in [-0.39, 0.29) is 5.78 Å². The minimum atomic E-state index is 0.0663. The highest BCUT2D eigenvalue weighted by Gasteiger charge is 1.89. The largest absolute Gasteiger partial charge is 0.469 e. The van der Waals surface area contributed by atoms with Crippen LogP contribution in [0.5, 0.6) is 0 Å². The van der Waals surface area contributed by atoms with Crippen molar-refractivity contribution in [1.29, 1.82) is 0 Å². The van der Waals surface area contributed by atoms with Crippen molar-refractivity contribution in [3.05, 3.63) is 36.3 Å². The average Bonchev–Trinajstić information content (AvgIpc) is 2.39. The molecule has 58 valence electrons. The van der Waals surface area contributed by atoms with E-state index in [0.717, 1.165) is 5.76 Å². The van der Waals surface area contributed by atoms with Gasteiger partial charge in [-0.15, -0.1) is 0 Å². The Morgan fingerprint density at radius 3 is 3.09 bits per heavy atom. The summed E-state index contributed by atoms with van der Waals surface area (Å²) in [4.78, 5) is 10.5. The second kappa shape index (κ2) is 3.76. The molecule has 0 bridgehead atoms. The summed E-state index contributed by atoms with van der Waals surface area (Å²) in [5, 5.41) is 0. The van der Waals surface area contributed by atoms with Gasteiger partial charge in [-0.2, -0.15) is 0 Å². The molecule has 0 aromatic carbocycles. The summed E-state index contributed by atoms with van der Waals surface area (Å²) >= 11 is 0. The van der Waals surface area contributed by atoms with Gasteiger partial charge in [-0.3, -0.25) is 4.79 Å². The fourth-order valence-electron chi connectivity index (χ4n) is 0.770. The van der Waals surface area contributed by atoms with Crippen LogP contribution < -0.4 is 0 Å². The lowest BCUT2D eigenvalue weighted by Gasteiger charge is -1.85. The molecule has 1 aromatic heterocycles. The number of carbonyl (C=O) groups is 1. The molecule has 0 saturated heterocycles. The molecule has 2 nitrogen and oxygen atoms in total. The van der Waals surface area contributed by atoms with Crippen molar-refractivity contribution in [1.82, 2.24) is 0 Å². The zero-order valence-electron chi connectivity index (χ0n) is 6.41. The van der Waals surface area contributed by atoms with Crippen LogP contribution >= 0.6 is 0 Å². The molecule has 0 atom stereocenters. The Hall–Kier alpha value is -1.31. The minimum absolute atomic E-state index is 0.0663. The Bertz CT molecular complexity index is 245. The van der Waals surface area contributed by atoms with Crippen molar-refractivity contribution in [2.24, 2.45) is 0 Å². The first-order valence-electron chi connectivity index (χ1n) is 3.48. The maximum Gasteiger partial charge on any atom is 0.152 e. The van der Waals surface area contributed by atoms with Crippen LogP contribution in [0.15, 0.2) is 35.0 Å². The van der Waals surface area contributed by atoms with E-state index in [0.29, 0.717) is 6.42 Å². The molecule has 0 aliphatic heterocycles. The van der Waals surface area contributed by atoms with E-state index >= 15 is 0 Å². The van der Waals surface area contributed by atoms with Crippen molar-refractivity contribution in [2.75, 3.05) is 0 Å². The molecule has 0 aliphatic rings. The van der Waals surface area contributed by atoms with Crippen LogP contribution in [0.25, 0.3) is 0 Å². The van der Waals surface area contributed by atoms with Crippen LogP contribution in [0, 0.1) is 0 Å². The molecule has 0 unspecified atom stereocenters. The van der Waals surface area contributed by atoms with E-state index in [4.69, 9.17) is 4.42 Å². The highest BCUT2D eigenvalue weighted by molar-refractivity contribution is 5.87. The van der Waals surface area contributed by atoms with Gasteiger partial charge in [-0.1, -0.05) is 6.08 Å². The van der Waals surface area contributed by atoms with Crippen molar-refractivity contribution in [3.63, 3.8) is 0 Å². The molecule has 1 rings (SSSR count). The van der Waals surface area contributed by atoms with Gasteiger partial charge in [0, 0.05) is 6.42 Å². The third-order valence-corrected chi connectivity index (χ3v) is 1.25. The smallest absolute Gasteiger partial charge is 0.152 e. The van der Waals surface area contributed by atoms with Crippen LogP contribution in [0.4, 0.5) is 0 Å². The van der Waals surface area contributed by atoms with E-state index in [2.05, 4.69) is 0 Å². The highest BCUT2D eigenvalue weighted by atomic mass is 16.3. The Kier molecular flexibility index (Phi) is 2.66. The Morgan fingerprint density at radius 1 is 1.73 bits per heavy atom. The monoisotopic (exact) mass is 150 g/mol. The number of furan rings is 1. The number of rotatable bonds is 3. The van der Waals surface area contributed by atoms with Gasteiger partial charge in [0.25, 0.3) is 0 Å². The summed E-state index contributed by atoms with van der Waals surface area (Å²) in [6, 6.07) is 3.71. The number of carbonyl (C=O) groups excluding carboxylic acids is 1. The standard InChI is InChI=1S/C9H10O2/c1-8(10)4-2-5-9-6-3-7-11-9/h2-4,6-7H,5H2,1H3/b4-2+. The predicted molar refractivity (Wildman–Crippen MR) is 42.2 cm³/mol. The van der Waals surface area contributed by atoms with Gasteiger partial charge in [0.15, 0.2) is 5.78 Å². The molecule has 1 heterocycles. The first-order valence-corrected chi connectivity index (χ1v) is 3.48. The quantitative estimate of drug-likeness (QED) is 0.616. The molecule has 11 heavy (non-hydrogen) atoms. The molecule has 0 aliphatic carbocycles. The minimum Gasteiger partial charge on any atom is -0.469 e. The first-order chi connectivity index (χ1) is 5.29. The number of ketones is 1. The van der Waals surface area contributed by atoms with Crippen LogP contribution in [-0.2, 0) is 11.2 Å². The molecule has 1 aromatic rings. The molecule has 0 spiro atoms. The average molecular weight is 150 g/mol. The molecule has 0 radical (unpaired) electrons. The number of allylic oxidation sites excluding steroid dienone is 2. The summed E-state index contributed by atoms with van der Waals surface area (Å²) in [6.07, 6.45) is 5.65. The SMILES string of the molecule is CC(=O)/C=C/Cc1ccco1. The maximum absolute atomic E-state index is 10.5. The fraction of sp³-hybridized carbons (Fsp3) is 0.222. The van der Waals surface area contributed by atoms with E-state index in [9.17, 15) is 4.79 Å². The van der Waals surface area contributed by atoms with Crippen LogP contribution in [0.2, 0.25) is 0 Å². The summed E-state index contributed by atoms with van der Waals surface area (Å²) < 4.78 is 5.05. The zero-order chi connectivity index (χ0) is 8.10. The van der Waals surface area contributed by atoms with Gasteiger partial charge in [-0.05, 0) is 25.1 Å². The van der Waals surface area contributed by atoms with Crippen molar-refractivity contribution >= 4 is 5.78 Å². The third-order valence-electron chi connectivity index (χ3n) is 1.25. The first kappa shape index (κ1) is 7.79. The summed E-state index contributed by atoms with van der Waals surface area (Å²) in [7, 11) is 0. The lowest BCUT2D eigenvalue weighted by molar-refractivity contribution is -0.112. The Labute approximate surface area is 65.5 Å². The molecule has 0 saturated carbocycles. The van der Waals surface area contributed by atoms with E-state index in [1.54, 1.807) is 18.4 Å². The second-order valence-electron chi connectivity index (χ2n) is 2.30. The van der Waals surface area contributed by atoms with Crippen molar-refractivity contribution in [3.8, 4) is 0 Å². The third kappa shape index (κ3) is 2.85. The number of hydrogen-bond donors (Lipinski definition) is 0. The zero-order valence-corrected chi connectivity index (χ0v) is 6.41. The van der Waals surface area contributed by atoms with Gasteiger partial charge in [0.05, 0.1) is 6.26 Å². The van der Waals surface area contributed by atoms with Crippen molar-refractivity contribution < 1.29 is 9.21 Å². The van der Waals surface area contributed by atoms with Crippen LogP contribution in [-0.4, -0.2) is 5.78 Å². The number of hydrogen-bond acceptors (Lipinski definition) is 2. The van der Waals surface area contributed by atoms with Crippen molar-refractivity contribution in [2.45, 2.75) is 13.3 Å². The van der Waals surface area contributed by atoms with Gasteiger partial charge < -0.3 is 4.42 Å². The topological polar surface area (TPSA) is 30.2 Å². The van der Waals surface area contributed by atoms with E-state index in [1.165, 1.54) is 6.92 Å². The molecule has 2 heteroatoms. The van der Waals surface area contributed by atoms with Gasteiger partial charge in [-0.25, -0.2) is 0 Å². The summed E-state index contributed by atoms with van der Waals surface area (Å²) in [5.74, 6) is 0.944. The van der Waals surface area contributed by atoms with Gasteiger partial charge in [0.1, 0.15) is 5.76 Å².